The molecule has 0 fully saturated rings. The normalized spacial score (nSPS) is 11.8. The molecule has 1 unspecified atom stereocenters. The highest BCUT2D eigenvalue weighted by atomic mass is 35.5. The fourth-order valence-corrected chi connectivity index (χ4v) is 2.30. The van der Waals surface area contributed by atoms with Crippen LogP contribution >= 0.6 is 11.6 Å². The van der Waals surface area contributed by atoms with Crippen LogP contribution in [0.3, 0.4) is 0 Å². The van der Waals surface area contributed by atoms with Crippen molar-refractivity contribution in [1.29, 1.82) is 0 Å². The molecular weight excluding hydrogens is 314 g/mol. The maximum Gasteiger partial charge on any atom is 0.220 e. The van der Waals surface area contributed by atoms with Crippen molar-refractivity contribution >= 4 is 17.5 Å². The second-order valence-electron chi connectivity index (χ2n) is 5.22. The first-order valence-corrected chi connectivity index (χ1v) is 7.79. The molecule has 1 amide bonds. The average Bonchev–Trinajstić information content (AvgIpc) is 2.59. The Morgan fingerprint density at radius 2 is 2.00 bits per heavy atom. The number of halogens is 1. The molecule has 2 N–H and O–H groups in total. The van der Waals surface area contributed by atoms with E-state index < -0.39 is 6.10 Å². The largest absolute Gasteiger partial charge is 0.497 e. The number of aliphatic hydroxyl groups is 1. The first kappa shape index (κ1) is 17.3. The van der Waals surface area contributed by atoms with Gasteiger partial charge in [0.1, 0.15) is 5.75 Å². The van der Waals surface area contributed by atoms with Gasteiger partial charge in [0.05, 0.1) is 13.2 Å². The highest BCUT2D eigenvalue weighted by Crippen LogP contribution is 2.18. The van der Waals surface area contributed by atoms with E-state index in [1.165, 1.54) is 0 Å². The van der Waals surface area contributed by atoms with Gasteiger partial charge in [-0.1, -0.05) is 35.9 Å². The van der Waals surface area contributed by atoms with Crippen LogP contribution in [0.2, 0.25) is 5.02 Å². The Morgan fingerprint density at radius 3 is 2.70 bits per heavy atom. The van der Waals surface area contributed by atoms with Crippen LogP contribution < -0.4 is 10.1 Å². The summed E-state index contributed by atoms with van der Waals surface area (Å²) in [6.07, 6.45) is 0.245. The van der Waals surface area contributed by atoms with Gasteiger partial charge in [-0.15, -0.1) is 0 Å². The highest BCUT2D eigenvalue weighted by molar-refractivity contribution is 6.30. The number of carbonyl (C=O) groups is 1. The molecule has 0 saturated carbocycles. The zero-order valence-electron chi connectivity index (χ0n) is 13.0. The Bertz CT molecular complexity index is 643. The number of carbonyl (C=O) groups excluding carboxylic acids is 1. The fourth-order valence-electron chi connectivity index (χ4n) is 2.17. The lowest BCUT2D eigenvalue weighted by Gasteiger charge is -2.13. The second-order valence-corrected chi connectivity index (χ2v) is 5.66. The smallest absolute Gasteiger partial charge is 0.220 e. The Hall–Kier alpha value is -2.04. The maximum atomic E-state index is 11.9. The molecule has 5 heteroatoms. The second kappa shape index (κ2) is 8.56. The molecule has 0 aliphatic rings. The number of aliphatic hydroxyl groups excluding tert-OH is 1. The van der Waals surface area contributed by atoms with E-state index in [-0.39, 0.29) is 12.5 Å². The molecule has 2 rings (SSSR count). The average molecular weight is 334 g/mol. The number of aryl methyl sites for hydroxylation is 1. The van der Waals surface area contributed by atoms with Crippen LogP contribution in [-0.2, 0) is 11.2 Å². The number of nitrogens with one attached hydrogen (secondary N) is 1. The van der Waals surface area contributed by atoms with Crippen LogP contribution in [0.15, 0.2) is 48.5 Å². The van der Waals surface area contributed by atoms with Gasteiger partial charge >= 0.3 is 0 Å². The van der Waals surface area contributed by atoms with Crippen molar-refractivity contribution < 1.29 is 14.6 Å². The minimum atomic E-state index is -0.760. The zero-order valence-corrected chi connectivity index (χ0v) is 13.7. The van der Waals surface area contributed by atoms with Gasteiger partial charge in [-0.2, -0.15) is 0 Å². The van der Waals surface area contributed by atoms with E-state index in [1.807, 2.05) is 12.1 Å². The van der Waals surface area contributed by atoms with Crippen LogP contribution in [0.1, 0.15) is 23.7 Å². The highest BCUT2D eigenvalue weighted by Gasteiger charge is 2.10. The van der Waals surface area contributed by atoms with E-state index >= 15 is 0 Å². The Labute approximate surface area is 141 Å². The number of hydrogen-bond donors (Lipinski definition) is 2. The van der Waals surface area contributed by atoms with Crippen LogP contribution in [0.25, 0.3) is 0 Å². The van der Waals surface area contributed by atoms with Gasteiger partial charge in [-0.05, 0) is 41.8 Å². The van der Waals surface area contributed by atoms with Crippen LogP contribution in [0.5, 0.6) is 5.75 Å². The molecule has 122 valence electrons. The predicted molar refractivity (Wildman–Crippen MR) is 90.7 cm³/mol. The zero-order chi connectivity index (χ0) is 16.7. The molecule has 0 bridgehead atoms. The Balaban J connectivity index is 1.78. The molecule has 1 atom stereocenters. The van der Waals surface area contributed by atoms with E-state index in [2.05, 4.69) is 5.32 Å². The lowest BCUT2D eigenvalue weighted by molar-refractivity contribution is -0.121. The third-order valence-corrected chi connectivity index (χ3v) is 3.78. The van der Waals surface area contributed by atoms with Crippen molar-refractivity contribution in [2.75, 3.05) is 13.7 Å². The van der Waals surface area contributed by atoms with Gasteiger partial charge in [0.2, 0.25) is 5.91 Å². The third kappa shape index (κ3) is 5.58. The standard InChI is InChI=1S/C18H20ClNO3/c1-23-16-4-2-3-14(11-16)17(21)12-20-18(22)10-7-13-5-8-15(19)9-6-13/h2-6,8-9,11,17,21H,7,10,12H2,1H3,(H,20,22). The molecule has 2 aromatic rings. The van der Waals surface area contributed by atoms with Gasteiger partial charge in [0, 0.05) is 18.0 Å². The van der Waals surface area contributed by atoms with E-state index in [4.69, 9.17) is 16.3 Å². The van der Waals surface area contributed by atoms with Crippen molar-refractivity contribution in [3.63, 3.8) is 0 Å². The molecule has 0 saturated heterocycles. The number of hydrogen-bond acceptors (Lipinski definition) is 3. The van der Waals surface area contributed by atoms with Crippen LogP contribution in [0, 0.1) is 0 Å². The van der Waals surface area contributed by atoms with E-state index in [0.717, 1.165) is 5.56 Å². The number of benzene rings is 2. The molecule has 0 radical (unpaired) electrons. The topological polar surface area (TPSA) is 58.6 Å². The maximum absolute atomic E-state index is 11.9. The van der Waals surface area contributed by atoms with Crippen molar-refractivity contribution in [2.24, 2.45) is 0 Å². The summed E-state index contributed by atoms with van der Waals surface area (Å²) in [7, 11) is 1.57. The summed E-state index contributed by atoms with van der Waals surface area (Å²) < 4.78 is 5.12. The molecule has 0 aromatic heterocycles. The van der Waals surface area contributed by atoms with Gasteiger partial charge in [-0.3, -0.25) is 4.79 Å². The van der Waals surface area contributed by atoms with Gasteiger partial charge in [0.25, 0.3) is 0 Å². The molecule has 2 aromatic carbocycles. The van der Waals surface area contributed by atoms with Crippen LogP contribution in [0.4, 0.5) is 0 Å². The molecule has 4 nitrogen and oxygen atoms in total. The molecule has 23 heavy (non-hydrogen) atoms. The lowest BCUT2D eigenvalue weighted by Crippen LogP contribution is -2.28. The quantitative estimate of drug-likeness (QED) is 0.818. The molecule has 0 aliphatic carbocycles. The van der Waals surface area contributed by atoms with Crippen molar-refractivity contribution in [2.45, 2.75) is 18.9 Å². The lowest BCUT2D eigenvalue weighted by atomic mass is 10.1. The van der Waals surface area contributed by atoms with Crippen molar-refractivity contribution in [3.05, 3.63) is 64.7 Å². The van der Waals surface area contributed by atoms with E-state index in [0.29, 0.717) is 29.2 Å². The summed E-state index contributed by atoms with van der Waals surface area (Å²) >= 11 is 5.82. The Morgan fingerprint density at radius 1 is 1.26 bits per heavy atom. The minimum absolute atomic E-state index is 0.0955. The summed E-state index contributed by atoms with van der Waals surface area (Å²) in [5.74, 6) is 0.581. The first-order chi connectivity index (χ1) is 11.1. The monoisotopic (exact) mass is 333 g/mol. The summed E-state index contributed by atoms with van der Waals surface area (Å²) in [6, 6.07) is 14.6. The number of rotatable bonds is 7. The Kier molecular flexibility index (Phi) is 6.44. The number of amides is 1. The summed E-state index contributed by atoms with van der Waals surface area (Å²) in [5, 5.41) is 13.5. The van der Waals surface area contributed by atoms with Gasteiger partial charge in [0.15, 0.2) is 0 Å². The predicted octanol–water partition coefficient (Wildman–Crippen LogP) is 3.13. The molecular formula is C18H20ClNO3. The minimum Gasteiger partial charge on any atom is -0.497 e. The molecule has 0 spiro atoms. The van der Waals surface area contributed by atoms with E-state index in [9.17, 15) is 9.90 Å². The summed E-state index contributed by atoms with van der Waals surface area (Å²) in [5.41, 5.74) is 1.76. The number of ether oxygens (including phenoxy) is 1. The van der Waals surface area contributed by atoms with Crippen molar-refractivity contribution in [3.8, 4) is 5.75 Å². The van der Waals surface area contributed by atoms with Gasteiger partial charge in [-0.25, -0.2) is 0 Å². The first-order valence-electron chi connectivity index (χ1n) is 7.41. The van der Waals surface area contributed by atoms with E-state index in [1.54, 1.807) is 43.5 Å². The fraction of sp³-hybridized carbons (Fsp3) is 0.278. The third-order valence-electron chi connectivity index (χ3n) is 3.53. The summed E-state index contributed by atoms with van der Waals surface area (Å²) in [4.78, 5) is 11.9. The van der Waals surface area contributed by atoms with Crippen molar-refractivity contribution in [1.82, 2.24) is 5.32 Å². The summed E-state index contributed by atoms with van der Waals surface area (Å²) in [6.45, 7) is 0.173. The SMILES string of the molecule is COc1cccc(C(O)CNC(=O)CCc2ccc(Cl)cc2)c1. The van der Waals surface area contributed by atoms with Gasteiger partial charge < -0.3 is 15.2 Å². The number of methoxy groups -OCH3 is 1. The molecule has 0 aliphatic heterocycles. The molecule has 0 heterocycles. The van der Waals surface area contributed by atoms with Crippen LogP contribution in [-0.4, -0.2) is 24.7 Å².